The highest BCUT2D eigenvalue weighted by molar-refractivity contribution is 7.80. The van der Waals surface area contributed by atoms with Gasteiger partial charge in [-0.2, -0.15) is 0 Å². The third-order valence-electron chi connectivity index (χ3n) is 0.369. The Balaban J connectivity index is 3.39. The highest BCUT2D eigenvalue weighted by Crippen LogP contribution is 1.76. The molecule has 0 saturated heterocycles. The zero-order valence-corrected chi connectivity index (χ0v) is 5.57. The van der Waals surface area contributed by atoms with Crippen LogP contribution in [0.4, 0.5) is 0 Å². The maximum absolute atomic E-state index is 10.2. The van der Waals surface area contributed by atoms with Gasteiger partial charge in [0.25, 0.3) is 0 Å². The van der Waals surface area contributed by atoms with Crippen molar-refractivity contribution in [3.8, 4) is 0 Å². The molecule has 0 aliphatic heterocycles. The Morgan fingerprint density at radius 3 is 2.38 bits per heavy atom. The fourth-order valence-electron chi connectivity index (χ4n) is 0.201. The fourth-order valence-corrected chi connectivity index (χ4v) is 0.244. The minimum absolute atomic E-state index is 0.509. The molecule has 0 rings (SSSR count). The van der Waals surface area contributed by atoms with Gasteiger partial charge in [0.1, 0.15) is 0 Å². The maximum Gasteiger partial charge on any atom is 0.360 e. The lowest BCUT2D eigenvalue weighted by Crippen LogP contribution is -2.18. The van der Waals surface area contributed by atoms with Gasteiger partial charge >= 0.3 is 5.97 Å². The van der Waals surface area contributed by atoms with Crippen molar-refractivity contribution in [2.75, 3.05) is 14.1 Å². The molecule has 0 aliphatic carbocycles. The van der Waals surface area contributed by atoms with Gasteiger partial charge in [-0.15, -0.1) is 5.06 Å². The molecule has 0 aromatic carbocycles. The van der Waals surface area contributed by atoms with E-state index in [-0.39, 0.29) is 0 Å². The molecular weight excluding hydrogens is 126 g/mol. The highest BCUT2D eigenvalue weighted by atomic mass is 32.1. The van der Waals surface area contributed by atoms with Crippen molar-refractivity contribution in [1.29, 1.82) is 0 Å². The molecular formula is C4H7NO2S. The number of carbonyl (C=O) groups excluding carboxylic acids is 1. The van der Waals surface area contributed by atoms with Gasteiger partial charge in [-0.05, 0) is 0 Å². The molecule has 0 amide bonds. The number of carbonyl (C=O) groups is 1. The van der Waals surface area contributed by atoms with Crippen LogP contribution in [0.15, 0.2) is 0 Å². The SMILES string of the molecule is CN(C)OC(=O)C=S. The van der Waals surface area contributed by atoms with Crippen LogP contribution in [-0.4, -0.2) is 30.5 Å². The van der Waals surface area contributed by atoms with E-state index in [2.05, 4.69) is 17.1 Å². The molecule has 46 valence electrons. The van der Waals surface area contributed by atoms with Crippen molar-refractivity contribution < 1.29 is 9.63 Å². The molecule has 0 aromatic rings. The van der Waals surface area contributed by atoms with Crippen molar-refractivity contribution in [2.24, 2.45) is 0 Å². The average Bonchev–Trinajstić information content (AvgIpc) is 1.65. The first-order chi connectivity index (χ1) is 3.66. The fraction of sp³-hybridized carbons (Fsp3) is 0.500. The standard InChI is InChI=1S/C4H7NO2S/c1-5(2)7-4(6)3-8/h3H,1-2H3. The lowest BCUT2D eigenvalue weighted by atomic mass is 10.8. The van der Waals surface area contributed by atoms with Crippen LogP contribution in [0, 0.1) is 0 Å². The second-order valence-corrected chi connectivity index (χ2v) is 1.58. The molecule has 8 heavy (non-hydrogen) atoms. The van der Waals surface area contributed by atoms with Gasteiger partial charge in [0.15, 0.2) is 0 Å². The predicted molar refractivity (Wildman–Crippen MR) is 33.4 cm³/mol. The first-order valence-electron chi connectivity index (χ1n) is 2.01. The molecule has 4 heteroatoms. The average molecular weight is 133 g/mol. The number of hydrogen-bond donors (Lipinski definition) is 0. The molecule has 0 heterocycles. The molecule has 0 radical (unpaired) electrons. The Labute approximate surface area is 53.2 Å². The van der Waals surface area contributed by atoms with Crippen LogP contribution >= 0.6 is 12.2 Å². The summed E-state index contributed by atoms with van der Waals surface area (Å²) in [7, 11) is 3.22. The summed E-state index contributed by atoms with van der Waals surface area (Å²) >= 11 is 4.27. The van der Waals surface area contributed by atoms with E-state index in [0.717, 1.165) is 5.37 Å². The van der Waals surface area contributed by atoms with Crippen LogP contribution in [0.25, 0.3) is 0 Å². The lowest BCUT2D eigenvalue weighted by molar-refractivity contribution is -0.168. The van der Waals surface area contributed by atoms with Crippen LogP contribution in [0.3, 0.4) is 0 Å². The van der Waals surface area contributed by atoms with E-state index >= 15 is 0 Å². The monoisotopic (exact) mass is 133 g/mol. The Kier molecular flexibility index (Phi) is 3.30. The van der Waals surface area contributed by atoms with E-state index in [9.17, 15) is 4.79 Å². The topological polar surface area (TPSA) is 29.5 Å². The van der Waals surface area contributed by atoms with Crippen molar-refractivity contribution in [3.05, 3.63) is 0 Å². The molecule has 0 atom stereocenters. The minimum atomic E-state index is -0.509. The summed E-state index contributed by atoms with van der Waals surface area (Å²) in [5.74, 6) is -0.509. The molecule has 0 fully saturated rings. The number of hydrogen-bond acceptors (Lipinski definition) is 4. The van der Waals surface area contributed by atoms with Crippen LogP contribution in [0.1, 0.15) is 0 Å². The van der Waals surface area contributed by atoms with E-state index in [4.69, 9.17) is 0 Å². The summed E-state index contributed by atoms with van der Waals surface area (Å²) in [5, 5.41) is 2.23. The number of thiocarbonyl (C=S) groups is 1. The quantitative estimate of drug-likeness (QED) is 0.392. The van der Waals surface area contributed by atoms with Crippen LogP contribution in [-0.2, 0) is 9.63 Å². The van der Waals surface area contributed by atoms with Crippen LogP contribution < -0.4 is 0 Å². The second-order valence-electron chi connectivity index (χ2n) is 1.34. The smallest absolute Gasteiger partial charge is 0.360 e. The van der Waals surface area contributed by atoms with Crippen LogP contribution in [0.5, 0.6) is 0 Å². The Morgan fingerprint density at radius 2 is 2.25 bits per heavy atom. The van der Waals surface area contributed by atoms with Crippen LogP contribution in [0.2, 0.25) is 0 Å². The van der Waals surface area contributed by atoms with E-state index in [0.29, 0.717) is 0 Å². The molecule has 0 unspecified atom stereocenters. The molecule has 0 spiro atoms. The Bertz CT molecular complexity index is 102. The first-order valence-corrected chi connectivity index (χ1v) is 2.48. The predicted octanol–water partition coefficient (Wildman–Crippen LogP) is 0.00590. The Hall–Kier alpha value is -0.480. The molecule has 0 N–H and O–H groups in total. The first kappa shape index (κ1) is 7.52. The summed E-state index contributed by atoms with van der Waals surface area (Å²) in [6.07, 6.45) is 0. The molecule has 0 bridgehead atoms. The zero-order chi connectivity index (χ0) is 6.57. The Morgan fingerprint density at radius 1 is 1.75 bits per heavy atom. The number of nitrogens with zero attached hydrogens (tertiary/aromatic N) is 1. The number of hydroxylamine groups is 2. The maximum atomic E-state index is 10.2. The molecule has 3 nitrogen and oxygen atoms in total. The zero-order valence-electron chi connectivity index (χ0n) is 4.75. The largest absolute Gasteiger partial charge is 0.364 e. The highest BCUT2D eigenvalue weighted by Gasteiger charge is 1.95. The lowest BCUT2D eigenvalue weighted by Gasteiger charge is -2.05. The van der Waals surface area contributed by atoms with Gasteiger partial charge in [0, 0.05) is 14.1 Å². The van der Waals surface area contributed by atoms with Gasteiger partial charge in [-0.3, -0.25) is 0 Å². The summed E-state index contributed by atoms with van der Waals surface area (Å²) in [5.41, 5.74) is 0. The minimum Gasteiger partial charge on any atom is -0.364 e. The van der Waals surface area contributed by atoms with E-state index < -0.39 is 5.97 Å². The van der Waals surface area contributed by atoms with Gasteiger partial charge in [-0.25, -0.2) is 4.79 Å². The van der Waals surface area contributed by atoms with Crippen molar-refractivity contribution in [2.45, 2.75) is 0 Å². The van der Waals surface area contributed by atoms with E-state index in [1.807, 2.05) is 0 Å². The summed E-state index contributed by atoms with van der Waals surface area (Å²) in [4.78, 5) is 14.6. The molecule has 0 aliphatic rings. The molecule has 0 aromatic heterocycles. The third-order valence-corrected chi connectivity index (χ3v) is 0.561. The van der Waals surface area contributed by atoms with Gasteiger partial charge < -0.3 is 4.84 Å². The normalized spacial score (nSPS) is 8.88. The van der Waals surface area contributed by atoms with Gasteiger partial charge in [-0.1, -0.05) is 12.2 Å². The van der Waals surface area contributed by atoms with Crippen molar-refractivity contribution in [3.63, 3.8) is 0 Å². The summed E-state index contributed by atoms with van der Waals surface area (Å²) < 4.78 is 0. The van der Waals surface area contributed by atoms with E-state index in [1.165, 1.54) is 5.06 Å². The summed E-state index contributed by atoms with van der Waals surface area (Å²) in [6.45, 7) is 0. The van der Waals surface area contributed by atoms with Gasteiger partial charge in [0.05, 0.1) is 5.37 Å². The van der Waals surface area contributed by atoms with E-state index in [1.54, 1.807) is 14.1 Å². The number of rotatable bonds is 2. The summed E-state index contributed by atoms with van der Waals surface area (Å²) in [6, 6.07) is 0. The molecule has 0 saturated carbocycles. The van der Waals surface area contributed by atoms with Crippen molar-refractivity contribution >= 4 is 23.6 Å². The second kappa shape index (κ2) is 3.51. The van der Waals surface area contributed by atoms with Gasteiger partial charge in [0.2, 0.25) is 0 Å². The third kappa shape index (κ3) is 3.70. The van der Waals surface area contributed by atoms with Crippen molar-refractivity contribution in [1.82, 2.24) is 5.06 Å².